The molecule has 108 valence electrons. The molecule has 2 aromatic rings. The largest absolute Gasteiger partial charge is 0.384 e. The Morgan fingerprint density at radius 1 is 1.48 bits per heavy atom. The summed E-state index contributed by atoms with van der Waals surface area (Å²) in [5.74, 6) is 4.31. The van der Waals surface area contributed by atoms with Gasteiger partial charge in [0.25, 0.3) is 5.91 Å². The van der Waals surface area contributed by atoms with Crippen molar-refractivity contribution < 1.29 is 18.8 Å². The third-order valence-electron chi connectivity index (χ3n) is 2.65. The van der Waals surface area contributed by atoms with E-state index in [1.807, 2.05) is 0 Å². The lowest BCUT2D eigenvalue weighted by molar-refractivity contribution is 0.0913. The number of amides is 1. The molecule has 2 N–H and O–H groups in total. The molecule has 0 unspecified atom stereocenters. The molecule has 0 saturated heterocycles. The van der Waals surface area contributed by atoms with Crippen molar-refractivity contribution in [2.45, 2.75) is 13.5 Å². The molecular formula is C15H13FN2O3. The molecule has 5 nitrogen and oxygen atoms in total. The van der Waals surface area contributed by atoms with Gasteiger partial charge < -0.3 is 14.9 Å². The summed E-state index contributed by atoms with van der Waals surface area (Å²) in [4.78, 5) is 11.8. The Balaban J connectivity index is 2.07. The second-order valence-electron chi connectivity index (χ2n) is 4.28. The van der Waals surface area contributed by atoms with Crippen LogP contribution >= 0.6 is 0 Å². The van der Waals surface area contributed by atoms with E-state index in [0.717, 1.165) is 0 Å². The summed E-state index contributed by atoms with van der Waals surface area (Å²) < 4.78 is 18.5. The van der Waals surface area contributed by atoms with Crippen LogP contribution in [0.5, 0.6) is 0 Å². The maximum Gasteiger partial charge on any atom is 0.290 e. The molecule has 0 spiro atoms. The number of aromatic nitrogens is 1. The maximum atomic E-state index is 13.7. The van der Waals surface area contributed by atoms with E-state index in [2.05, 4.69) is 22.3 Å². The average molecular weight is 288 g/mol. The van der Waals surface area contributed by atoms with Crippen molar-refractivity contribution in [2.24, 2.45) is 0 Å². The molecule has 1 amide bonds. The zero-order valence-electron chi connectivity index (χ0n) is 11.3. The van der Waals surface area contributed by atoms with Gasteiger partial charge in [0.05, 0.1) is 5.69 Å². The van der Waals surface area contributed by atoms with Crippen LogP contribution in [0.15, 0.2) is 28.8 Å². The van der Waals surface area contributed by atoms with Crippen molar-refractivity contribution in [3.05, 3.63) is 52.7 Å². The van der Waals surface area contributed by atoms with Gasteiger partial charge in [-0.15, -0.1) is 0 Å². The number of aryl methyl sites for hydroxylation is 1. The quantitative estimate of drug-likeness (QED) is 0.837. The van der Waals surface area contributed by atoms with E-state index in [1.54, 1.807) is 6.92 Å². The molecule has 0 bridgehead atoms. The van der Waals surface area contributed by atoms with Crippen LogP contribution in [0, 0.1) is 24.6 Å². The van der Waals surface area contributed by atoms with E-state index in [1.165, 1.54) is 24.3 Å². The zero-order chi connectivity index (χ0) is 15.2. The number of carbonyl (C=O) groups excluding carboxylic acids is 1. The normalized spacial score (nSPS) is 9.86. The van der Waals surface area contributed by atoms with Crippen LogP contribution in [-0.4, -0.2) is 22.8 Å². The van der Waals surface area contributed by atoms with Gasteiger partial charge in [0.15, 0.2) is 0 Å². The van der Waals surface area contributed by atoms with Crippen LogP contribution < -0.4 is 5.32 Å². The summed E-state index contributed by atoms with van der Waals surface area (Å²) in [6, 6.07) is 5.78. The SMILES string of the molecule is Cc1cc(C(=O)NCc2cc(C#CCO)ccc2F)on1. The molecule has 0 aliphatic carbocycles. The highest BCUT2D eigenvalue weighted by molar-refractivity contribution is 5.91. The van der Waals surface area contributed by atoms with Crippen LogP contribution in [-0.2, 0) is 6.54 Å². The first kappa shape index (κ1) is 14.8. The molecular weight excluding hydrogens is 275 g/mol. The first-order valence-electron chi connectivity index (χ1n) is 6.20. The number of nitrogens with one attached hydrogen (secondary N) is 1. The molecule has 0 radical (unpaired) electrons. The molecule has 1 aromatic carbocycles. The summed E-state index contributed by atoms with van der Waals surface area (Å²) in [7, 11) is 0. The Hall–Kier alpha value is -2.65. The smallest absolute Gasteiger partial charge is 0.290 e. The second kappa shape index (κ2) is 6.68. The van der Waals surface area contributed by atoms with Gasteiger partial charge in [-0.05, 0) is 25.1 Å². The number of hydrogen-bond donors (Lipinski definition) is 2. The first-order valence-corrected chi connectivity index (χ1v) is 6.20. The molecule has 2 rings (SSSR count). The van der Waals surface area contributed by atoms with Crippen molar-refractivity contribution in [2.75, 3.05) is 6.61 Å². The van der Waals surface area contributed by atoms with Gasteiger partial charge in [-0.3, -0.25) is 4.79 Å². The minimum absolute atomic E-state index is 0.000933. The summed E-state index contributed by atoms with van der Waals surface area (Å²) in [6.07, 6.45) is 0. The molecule has 0 atom stereocenters. The summed E-state index contributed by atoms with van der Waals surface area (Å²) in [5.41, 5.74) is 1.45. The van der Waals surface area contributed by atoms with Crippen LogP contribution in [0.4, 0.5) is 4.39 Å². The fraction of sp³-hybridized carbons (Fsp3) is 0.200. The Labute approximate surface area is 120 Å². The molecule has 0 aliphatic rings. The van der Waals surface area contributed by atoms with E-state index in [9.17, 15) is 9.18 Å². The highest BCUT2D eigenvalue weighted by Crippen LogP contribution is 2.10. The number of benzene rings is 1. The third-order valence-corrected chi connectivity index (χ3v) is 2.65. The number of carbonyl (C=O) groups is 1. The Morgan fingerprint density at radius 3 is 2.95 bits per heavy atom. The number of aliphatic hydroxyl groups excluding tert-OH is 1. The summed E-state index contributed by atoms with van der Waals surface area (Å²) in [6.45, 7) is 1.43. The van der Waals surface area contributed by atoms with Gasteiger partial charge >= 0.3 is 0 Å². The molecule has 21 heavy (non-hydrogen) atoms. The van der Waals surface area contributed by atoms with Crippen molar-refractivity contribution in [3.8, 4) is 11.8 Å². The molecule has 0 aliphatic heterocycles. The molecule has 1 aromatic heterocycles. The van der Waals surface area contributed by atoms with Gasteiger partial charge in [-0.1, -0.05) is 17.0 Å². The highest BCUT2D eigenvalue weighted by Gasteiger charge is 2.12. The molecule has 6 heteroatoms. The van der Waals surface area contributed by atoms with Crippen molar-refractivity contribution in [3.63, 3.8) is 0 Å². The second-order valence-corrected chi connectivity index (χ2v) is 4.28. The van der Waals surface area contributed by atoms with Crippen LogP contribution in [0.3, 0.4) is 0 Å². The fourth-order valence-electron chi connectivity index (χ4n) is 1.66. The Morgan fingerprint density at radius 2 is 2.29 bits per heavy atom. The van der Waals surface area contributed by atoms with Gasteiger partial charge in [0.2, 0.25) is 5.76 Å². The third kappa shape index (κ3) is 3.91. The molecule has 1 heterocycles. The van der Waals surface area contributed by atoms with Gasteiger partial charge in [-0.25, -0.2) is 4.39 Å². The topological polar surface area (TPSA) is 75.4 Å². The minimum Gasteiger partial charge on any atom is -0.384 e. The monoisotopic (exact) mass is 288 g/mol. The van der Waals surface area contributed by atoms with E-state index >= 15 is 0 Å². The predicted molar refractivity (Wildman–Crippen MR) is 72.8 cm³/mol. The van der Waals surface area contributed by atoms with E-state index < -0.39 is 11.7 Å². The Kier molecular flexibility index (Phi) is 4.69. The van der Waals surface area contributed by atoms with Gasteiger partial charge in [0.1, 0.15) is 12.4 Å². The van der Waals surface area contributed by atoms with Crippen LogP contribution in [0.2, 0.25) is 0 Å². The zero-order valence-corrected chi connectivity index (χ0v) is 11.3. The number of aliphatic hydroxyl groups is 1. The molecule has 0 saturated carbocycles. The van der Waals surface area contributed by atoms with E-state index in [-0.39, 0.29) is 18.9 Å². The minimum atomic E-state index is -0.471. The molecule has 0 fully saturated rings. The van der Waals surface area contributed by atoms with Crippen molar-refractivity contribution in [1.29, 1.82) is 0 Å². The maximum absolute atomic E-state index is 13.7. The number of hydrogen-bond acceptors (Lipinski definition) is 4. The van der Waals surface area contributed by atoms with Crippen molar-refractivity contribution in [1.82, 2.24) is 10.5 Å². The standard InChI is InChI=1S/C15H13FN2O3/c1-10-7-14(21-18-10)15(20)17-9-12-8-11(3-2-6-19)4-5-13(12)16/h4-5,7-8,19H,6,9H2,1H3,(H,17,20). The number of halogens is 1. The van der Waals surface area contributed by atoms with Crippen LogP contribution in [0.1, 0.15) is 27.4 Å². The summed E-state index contributed by atoms with van der Waals surface area (Å²) >= 11 is 0. The lowest BCUT2D eigenvalue weighted by atomic mass is 10.1. The lowest BCUT2D eigenvalue weighted by Crippen LogP contribution is -2.22. The van der Waals surface area contributed by atoms with Gasteiger partial charge in [-0.2, -0.15) is 0 Å². The highest BCUT2D eigenvalue weighted by atomic mass is 19.1. The Bertz CT molecular complexity index is 713. The first-order chi connectivity index (χ1) is 10.1. The number of rotatable bonds is 3. The fourth-order valence-corrected chi connectivity index (χ4v) is 1.66. The predicted octanol–water partition coefficient (Wildman–Crippen LogP) is 1.40. The average Bonchev–Trinajstić information content (AvgIpc) is 2.91. The van der Waals surface area contributed by atoms with Gasteiger partial charge in [0, 0.05) is 23.7 Å². The van der Waals surface area contributed by atoms with E-state index in [0.29, 0.717) is 16.8 Å². The number of nitrogens with zero attached hydrogens (tertiary/aromatic N) is 1. The lowest BCUT2D eigenvalue weighted by Gasteiger charge is -2.05. The van der Waals surface area contributed by atoms with E-state index in [4.69, 9.17) is 9.63 Å². The summed E-state index contributed by atoms with van der Waals surface area (Å²) in [5, 5.41) is 14.8. The van der Waals surface area contributed by atoms with Crippen molar-refractivity contribution >= 4 is 5.91 Å². The van der Waals surface area contributed by atoms with Crippen LogP contribution in [0.25, 0.3) is 0 Å².